The van der Waals surface area contributed by atoms with Crippen LogP contribution in [-0.2, 0) is 19.1 Å². The van der Waals surface area contributed by atoms with Gasteiger partial charge < -0.3 is 14.8 Å². The van der Waals surface area contributed by atoms with Gasteiger partial charge in [0.15, 0.2) is 6.61 Å². The number of halogens is 3. The summed E-state index contributed by atoms with van der Waals surface area (Å²) in [6.07, 6.45) is -5.29. The lowest BCUT2D eigenvalue weighted by atomic mass is 10.1. The van der Waals surface area contributed by atoms with E-state index in [1.54, 1.807) is 20.8 Å². The van der Waals surface area contributed by atoms with Crippen molar-refractivity contribution in [2.24, 2.45) is 5.92 Å². The first-order valence-corrected chi connectivity index (χ1v) is 7.99. The molecule has 1 saturated heterocycles. The van der Waals surface area contributed by atoms with Crippen molar-refractivity contribution in [3.63, 3.8) is 0 Å². The van der Waals surface area contributed by atoms with E-state index in [0.717, 1.165) is 4.90 Å². The smallest absolute Gasteiger partial charge is 0.422 e. The highest BCUT2D eigenvalue weighted by Crippen LogP contribution is 2.21. The second-order valence-electron chi connectivity index (χ2n) is 6.15. The number of ether oxygens (including phenoxy) is 2. The molecule has 144 valence electrons. The van der Waals surface area contributed by atoms with Crippen LogP contribution in [0.3, 0.4) is 0 Å². The van der Waals surface area contributed by atoms with Crippen LogP contribution in [0, 0.1) is 5.92 Å². The summed E-state index contributed by atoms with van der Waals surface area (Å²) in [4.78, 5) is 36.5. The van der Waals surface area contributed by atoms with Gasteiger partial charge in [-0.1, -0.05) is 6.92 Å². The molecule has 1 aliphatic heterocycles. The Morgan fingerprint density at radius 3 is 2.44 bits per heavy atom. The molecule has 1 rings (SSSR count). The topological polar surface area (TPSA) is 84.9 Å². The molecule has 1 aliphatic rings. The molecule has 7 nitrogen and oxygen atoms in total. The van der Waals surface area contributed by atoms with Gasteiger partial charge >= 0.3 is 18.2 Å². The molecule has 1 fully saturated rings. The largest absolute Gasteiger partial charge is 0.463 e. The number of likely N-dealkylation sites (tertiary alicyclic amines) is 1. The van der Waals surface area contributed by atoms with E-state index in [9.17, 15) is 27.6 Å². The Hall–Kier alpha value is -2.00. The van der Waals surface area contributed by atoms with Gasteiger partial charge in [0.05, 0.1) is 12.0 Å². The van der Waals surface area contributed by atoms with Crippen molar-refractivity contribution in [2.45, 2.75) is 51.9 Å². The average molecular weight is 368 g/mol. The molecule has 0 unspecified atom stereocenters. The predicted molar refractivity (Wildman–Crippen MR) is 80.5 cm³/mol. The molecule has 0 radical (unpaired) electrons. The Labute approximate surface area is 143 Å². The van der Waals surface area contributed by atoms with Crippen molar-refractivity contribution in [3.8, 4) is 0 Å². The first kappa shape index (κ1) is 21.0. The normalized spacial score (nSPS) is 18.8. The summed E-state index contributed by atoms with van der Waals surface area (Å²) in [6.45, 7) is 3.42. The molecule has 2 amide bonds. The molecule has 2 atom stereocenters. The standard InChI is InChI=1S/C15H23F3N2O5/c1-9(2)25-13(22)10(3)7-19-12(21)11-5-4-6-20(11)14(23)24-8-15(16,17)18/h9-11H,4-8H2,1-3H3,(H,19,21)/t10-,11-/m0/s1. The molecule has 0 aromatic rings. The lowest BCUT2D eigenvalue weighted by molar-refractivity contribution is -0.162. The van der Waals surface area contributed by atoms with Crippen molar-refractivity contribution < 1.29 is 37.0 Å². The first-order chi connectivity index (χ1) is 11.5. The molecule has 1 N–H and O–H groups in total. The maximum absolute atomic E-state index is 12.2. The van der Waals surface area contributed by atoms with Crippen LogP contribution < -0.4 is 5.32 Å². The van der Waals surface area contributed by atoms with Crippen molar-refractivity contribution in [3.05, 3.63) is 0 Å². The third kappa shape index (κ3) is 7.18. The minimum atomic E-state index is -4.63. The molecule has 0 spiro atoms. The lowest BCUT2D eigenvalue weighted by Crippen LogP contribution is -2.48. The van der Waals surface area contributed by atoms with Gasteiger partial charge in [-0.05, 0) is 26.7 Å². The molecule has 0 aromatic heterocycles. The number of amides is 2. The highest BCUT2D eigenvalue weighted by molar-refractivity contribution is 5.86. The fourth-order valence-electron chi connectivity index (χ4n) is 2.29. The van der Waals surface area contributed by atoms with Crippen LogP contribution in [0.1, 0.15) is 33.6 Å². The predicted octanol–water partition coefficient (Wildman–Crippen LogP) is 1.85. The van der Waals surface area contributed by atoms with Gasteiger partial charge in [0.2, 0.25) is 5.91 Å². The van der Waals surface area contributed by atoms with Crippen LogP contribution in [0.15, 0.2) is 0 Å². The fraction of sp³-hybridized carbons (Fsp3) is 0.800. The molecule has 10 heteroatoms. The van der Waals surface area contributed by atoms with E-state index in [4.69, 9.17) is 4.74 Å². The second-order valence-corrected chi connectivity index (χ2v) is 6.15. The third-order valence-corrected chi connectivity index (χ3v) is 3.49. The molecule has 25 heavy (non-hydrogen) atoms. The zero-order valence-corrected chi connectivity index (χ0v) is 14.4. The highest BCUT2D eigenvalue weighted by Gasteiger charge is 2.37. The number of hydrogen-bond donors (Lipinski definition) is 1. The lowest BCUT2D eigenvalue weighted by Gasteiger charge is -2.24. The summed E-state index contributed by atoms with van der Waals surface area (Å²) in [5.74, 6) is -1.59. The number of carbonyl (C=O) groups is 3. The Morgan fingerprint density at radius 1 is 1.24 bits per heavy atom. The van der Waals surface area contributed by atoms with E-state index in [1.807, 2.05) is 0 Å². The Balaban J connectivity index is 2.50. The number of carbonyl (C=O) groups excluding carboxylic acids is 3. The third-order valence-electron chi connectivity index (χ3n) is 3.49. The summed E-state index contributed by atoms with van der Waals surface area (Å²) < 4.78 is 45.5. The number of nitrogens with one attached hydrogen (secondary N) is 1. The van der Waals surface area contributed by atoms with Crippen molar-refractivity contribution in [1.82, 2.24) is 10.2 Å². The van der Waals surface area contributed by atoms with Gasteiger partial charge in [0.1, 0.15) is 6.04 Å². The van der Waals surface area contributed by atoms with Crippen LogP contribution >= 0.6 is 0 Å². The average Bonchev–Trinajstić information content (AvgIpc) is 2.98. The van der Waals surface area contributed by atoms with Crippen LogP contribution in [0.4, 0.5) is 18.0 Å². The molecular weight excluding hydrogens is 345 g/mol. The Morgan fingerprint density at radius 2 is 1.88 bits per heavy atom. The van der Waals surface area contributed by atoms with E-state index in [-0.39, 0.29) is 19.2 Å². The highest BCUT2D eigenvalue weighted by atomic mass is 19.4. The quantitative estimate of drug-likeness (QED) is 0.724. The Kier molecular flexibility index (Phi) is 7.50. The minimum Gasteiger partial charge on any atom is -0.463 e. The van der Waals surface area contributed by atoms with Gasteiger partial charge in [-0.2, -0.15) is 13.2 Å². The molecule has 0 bridgehead atoms. The molecule has 1 heterocycles. The zero-order chi connectivity index (χ0) is 19.2. The van der Waals surface area contributed by atoms with E-state index in [2.05, 4.69) is 10.1 Å². The van der Waals surface area contributed by atoms with Gasteiger partial charge in [-0.15, -0.1) is 0 Å². The fourth-order valence-corrected chi connectivity index (χ4v) is 2.29. The summed E-state index contributed by atoms with van der Waals surface area (Å²) in [5, 5.41) is 2.52. The summed E-state index contributed by atoms with van der Waals surface area (Å²) in [7, 11) is 0. The SMILES string of the molecule is CC(C)OC(=O)[C@@H](C)CNC(=O)[C@@H]1CCCN1C(=O)OCC(F)(F)F. The van der Waals surface area contributed by atoms with E-state index >= 15 is 0 Å². The second kappa shape index (κ2) is 8.91. The van der Waals surface area contributed by atoms with Crippen LogP contribution in [0.5, 0.6) is 0 Å². The number of hydrogen-bond acceptors (Lipinski definition) is 5. The maximum Gasteiger partial charge on any atom is 0.422 e. The monoisotopic (exact) mass is 368 g/mol. The van der Waals surface area contributed by atoms with E-state index < -0.39 is 42.7 Å². The number of alkyl halides is 3. The van der Waals surface area contributed by atoms with Crippen LogP contribution in [0.2, 0.25) is 0 Å². The zero-order valence-electron chi connectivity index (χ0n) is 14.4. The number of nitrogens with zero attached hydrogens (tertiary/aromatic N) is 1. The molecule has 0 aliphatic carbocycles. The number of rotatable bonds is 6. The molecular formula is C15H23F3N2O5. The van der Waals surface area contributed by atoms with Gasteiger partial charge in [0, 0.05) is 13.1 Å². The molecule has 0 aromatic carbocycles. The van der Waals surface area contributed by atoms with Crippen molar-refractivity contribution in [1.29, 1.82) is 0 Å². The van der Waals surface area contributed by atoms with Crippen LogP contribution in [0.25, 0.3) is 0 Å². The van der Waals surface area contributed by atoms with Gasteiger partial charge in [0.25, 0.3) is 0 Å². The first-order valence-electron chi connectivity index (χ1n) is 7.99. The van der Waals surface area contributed by atoms with E-state index in [1.165, 1.54) is 0 Å². The van der Waals surface area contributed by atoms with Gasteiger partial charge in [-0.3, -0.25) is 14.5 Å². The van der Waals surface area contributed by atoms with Crippen molar-refractivity contribution >= 4 is 18.0 Å². The van der Waals surface area contributed by atoms with Crippen LogP contribution in [-0.4, -0.2) is 60.9 Å². The Bertz CT molecular complexity index is 496. The molecule has 0 saturated carbocycles. The van der Waals surface area contributed by atoms with Gasteiger partial charge in [-0.25, -0.2) is 4.79 Å². The number of esters is 1. The summed E-state index contributed by atoms with van der Waals surface area (Å²) in [6, 6.07) is -0.908. The maximum atomic E-state index is 12.2. The van der Waals surface area contributed by atoms with Crippen molar-refractivity contribution in [2.75, 3.05) is 19.7 Å². The summed E-state index contributed by atoms with van der Waals surface area (Å²) >= 11 is 0. The summed E-state index contributed by atoms with van der Waals surface area (Å²) in [5.41, 5.74) is 0. The minimum absolute atomic E-state index is 0.00628. The van der Waals surface area contributed by atoms with E-state index in [0.29, 0.717) is 12.8 Å².